The molecule has 3 fully saturated rings. The number of pyridine rings is 1. The molecule has 0 N–H and O–H groups in total. The zero-order valence-corrected chi connectivity index (χ0v) is 31.7. The van der Waals surface area contributed by atoms with E-state index in [1.54, 1.807) is 33.5 Å². The number of methoxy groups -OCH3 is 3. The normalized spacial score (nSPS) is 18.0. The van der Waals surface area contributed by atoms with Crippen LogP contribution in [0.3, 0.4) is 0 Å². The molecule has 3 aliphatic carbocycles. The van der Waals surface area contributed by atoms with Crippen LogP contribution in [0.1, 0.15) is 91.0 Å². The zero-order valence-electron chi connectivity index (χ0n) is 31.7. The molecule has 3 aromatic carbocycles. The SMILES string of the molecule is COc1cc(-c2cncc(CN3CCC(N(CC4=CCCC(c5cc(OC)c(OC)c(C6CC6)c5)=C4)c4ccc(F)cc4)CC3)c2)cc(C2CC2)c1C. The van der Waals surface area contributed by atoms with Crippen molar-refractivity contribution in [1.29, 1.82) is 0 Å². The molecule has 0 unspecified atom stereocenters. The molecule has 276 valence electrons. The van der Waals surface area contributed by atoms with E-state index in [9.17, 15) is 4.39 Å². The highest BCUT2D eigenvalue weighted by Crippen LogP contribution is 2.49. The lowest BCUT2D eigenvalue weighted by Crippen LogP contribution is -2.45. The van der Waals surface area contributed by atoms with Gasteiger partial charge in [0.25, 0.3) is 0 Å². The van der Waals surface area contributed by atoms with Gasteiger partial charge in [-0.1, -0.05) is 18.2 Å². The van der Waals surface area contributed by atoms with E-state index < -0.39 is 0 Å². The summed E-state index contributed by atoms with van der Waals surface area (Å²) in [6.07, 6.45) is 17.7. The first-order chi connectivity index (χ1) is 25.9. The van der Waals surface area contributed by atoms with Crippen molar-refractivity contribution in [2.75, 3.05) is 45.9 Å². The lowest BCUT2D eigenvalue weighted by Gasteiger charge is -2.40. The van der Waals surface area contributed by atoms with Gasteiger partial charge in [0.1, 0.15) is 11.6 Å². The van der Waals surface area contributed by atoms with Crippen LogP contribution in [0.15, 0.2) is 84.7 Å². The Kier molecular flexibility index (Phi) is 10.3. The van der Waals surface area contributed by atoms with Gasteiger partial charge in [-0.3, -0.25) is 9.88 Å². The highest BCUT2D eigenvalue weighted by atomic mass is 19.1. The quantitative estimate of drug-likeness (QED) is 0.138. The third-order valence-electron chi connectivity index (χ3n) is 11.8. The number of nitrogens with zero attached hydrogens (tertiary/aromatic N) is 3. The number of benzene rings is 3. The van der Waals surface area contributed by atoms with Gasteiger partial charge >= 0.3 is 0 Å². The van der Waals surface area contributed by atoms with Crippen molar-refractivity contribution in [2.24, 2.45) is 0 Å². The minimum atomic E-state index is -0.203. The van der Waals surface area contributed by atoms with Crippen molar-refractivity contribution in [2.45, 2.75) is 82.7 Å². The van der Waals surface area contributed by atoms with E-state index in [0.717, 1.165) is 80.4 Å². The molecule has 2 saturated carbocycles. The monoisotopic (exact) mass is 713 g/mol. The summed E-state index contributed by atoms with van der Waals surface area (Å²) in [5.41, 5.74) is 12.4. The summed E-state index contributed by atoms with van der Waals surface area (Å²) in [5.74, 6) is 3.65. The summed E-state index contributed by atoms with van der Waals surface area (Å²) >= 11 is 0. The van der Waals surface area contributed by atoms with Crippen LogP contribution in [0.2, 0.25) is 0 Å². The highest BCUT2D eigenvalue weighted by molar-refractivity contribution is 5.74. The maximum atomic E-state index is 14.1. The molecular weight excluding hydrogens is 662 g/mol. The number of anilines is 1. The van der Waals surface area contributed by atoms with Crippen molar-refractivity contribution in [3.8, 4) is 28.4 Å². The Morgan fingerprint density at radius 1 is 0.774 bits per heavy atom. The van der Waals surface area contributed by atoms with Crippen LogP contribution in [-0.4, -0.2) is 56.9 Å². The van der Waals surface area contributed by atoms with Gasteiger partial charge in [-0.25, -0.2) is 4.39 Å². The number of hydrogen-bond acceptors (Lipinski definition) is 6. The van der Waals surface area contributed by atoms with Crippen LogP contribution in [-0.2, 0) is 6.54 Å². The van der Waals surface area contributed by atoms with Gasteiger partial charge in [-0.15, -0.1) is 0 Å². The number of hydrogen-bond donors (Lipinski definition) is 0. The number of piperidine rings is 1. The molecule has 0 bridgehead atoms. The predicted octanol–water partition coefficient (Wildman–Crippen LogP) is 10.3. The molecule has 0 amide bonds. The van der Waals surface area contributed by atoms with Gasteiger partial charge in [0.2, 0.25) is 0 Å². The molecule has 7 heteroatoms. The molecule has 1 aromatic heterocycles. The minimum Gasteiger partial charge on any atom is -0.496 e. The molecule has 0 radical (unpaired) electrons. The van der Waals surface area contributed by atoms with Crippen molar-refractivity contribution >= 4 is 11.3 Å². The van der Waals surface area contributed by atoms with Gasteiger partial charge in [0.05, 0.1) is 21.3 Å². The Morgan fingerprint density at radius 2 is 1.47 bits per heavy atom. The number of halogens is 1. The van der Waals surface area contributed by atoms with Gasteiger partial charge in [-0.2, -0.15) is 0 Å². The Balaban J connectivity index is 0.975. The van der Waals surface area contributed by atoms with Crippen molar-refractivity contribution < 1.29 is 18.6 Å². The number of rotatable bonds is 13. The maximum Gasteiger partial charge on any atom is 0.164 e. The molecule has 6 nitrogen and oxygen atoms in total. The van der Waals surface area contributed by atoms with Gasteiger partial charge in [-0.05, 0) is 158 Å². The number of aromatic nitrogens is 1. The largest absolute Gasteiger partial charge is 0.496 e. The van der Waals surface area contributed by atoms with Crippen molar-refractivity contribution in [1.82, 2.24) is 9.88 Å². The van der Waals surface area contributed by atoms with Crippen LogP contribution >= 0.6 is 0 Å². The summed E-state index contributed by atoms with van der Waals surface area (Å²) in [5, 5.41) is 0. The third kappa shape index (κ3) is 7.87. The summed E-state index contributed by atoms with van der Waals surface area (Å²) in [4.78, 5) is 9.74. The van der Waals surface area contributed by atoms with Crippen LogP contribution in [0.4, 0.5) is 10.1 Å². The van der Waals surface area contributed by atoms with Crippen LogP contribution in [0, 0.1) is 12.7 Å². The van der Waals surface area contributed by atoms with Crippen molar-refractivity contribution in [3.63, 3.8) is 0 Å². The number of ether oxygens (including phenoxy) is 3. The van der Waals surface area contributed by atoms with Gasteiger partial charge < -0.3 is 19.1 Å². The summed E-state index contributed by atoms with van der Waals surface area (Å²) < 4.78 is 31.5. The summed E-state index contributed by atoms with van der Waals surface area (Å²) in [6.45, 7) is 5.82. The molecule has 53 heavy (non-hydrogen) atoms. The van der Waals surface area contributed by atoms with Gasteiger partial charge in [0.15, 0.2) is 11.5 Å². The molecule has 8 rings (SSSR count). The maximum absolute atomic E-state index is 14.1. The fraction of sp³-hybridized carbons (Fsp3) is 0.413. The van der Waals surface area contributed by atoms with Crippen LogP contribution < -0.4 is 19.1 Å². The summed E-state index contributed by atoms with van der Waals surface area (Å²) in [7, 11) is 5.23. The lowest BCUT2D eigenvalue weighted by molar-refractivity contribution is 0.202. The second kappa shape index (κ2) is 15.4. The third-order valence-corrected chi connectivity index (χ3v) is 11.8. The molecule has 0 spiro atoms. The molecule has 4 aliphatic rings. The minimum absolute atomic E-state index is 0.203. The molecule has 1 saturated heterocycles. The van der Waals surface area contributed by atoms with E-state index in [4.69, 9.17) is 14.2 Å². The van der Waals surface area contributed by atoms with E-state index >= 15 is 0 Å². The Bertz CT molecular complexity index is 2010. The summed E-state index contributed by atoms with van der Waals surface area (Å²) in [6, 6.07) is 18.7. The van der Waals surface area contributed by atoms with Crippen LogP contribution in [0.25, 0.3) is 16.7 Å². The Hall–Kier alpha value is -4.62. The highest BCUT2D eigenvalue weighted by Gasteiger charge is 2.31. The smallest absolute Gasteiger partial charge is 0.164 e. The van der Waals surface area contributed by atoms with E-state index in [1.807, 2.05) is 24.5 Å². The first-order valence-corrected chi connectivity index (χ1v) is 19.4. The van der Waals surface area contributed by atoms with E-state index in [-0.39, 0.29) is 5.82 Å². The first kappa shape index (κ1) is 35.4. The second-order valence-electron chi connectivity index (χ2n) is 15.4. The first-order valence-electron chi connectivity index (χ1n) is 19.4. The zero-order chi connectivity index (χ0) is 36.5. The Labute approximate surface area is 314 Å². The van der Waals surface area contributed by atoms with Crippen LogP contribution in [0.5, 0.6) is 17.2 Å². The lowest BCUT2D eigenvalue weighted by atomic mass is 9.91. The molecule has 2 heterocycles. The second-order valence-corrected chi connectivity index (χ2v) is 15.4. The standard InChI is InChI=1S/C46H52FN3O3/c1-30-42(33-8-9-33)22-37(24-44(30)51-2)38-21-32(26-48-27-38)28-49-18-16-41(17-19-49)50(40-14-12-39(47)13-15-40)29-31-6-5-7-35(20-31)36-23-43(34-10-11-34)46(53-4)45(25-36)52-3/h6,12-15,20-27,33-34,41H,5,7-11,16-19,28-29H2,1-4H3. The number of likely N-dealkylation sites (tertiary alicyclic amines) is 1. The molecular formula is C46H52FN3O3. The Morgan fingerprint density at radius 3 is 2.17 bits per heavy atom. The molecule has 4 aromatic rings. The fourth-order valence-electron chi connectivity index (χ4n) is 8.53. The van der Waals surface area contributed by atoms with E-state index in [0.29, 0.717) is 17.9 Å². The van der Waals surface area contributed by atoms with Crippen molar-refractivity contribution in [3.05, 3.63) is 118 Å². The number of allylic oxidation sites excluding steroid dienone is 2. The average Bonchev–Trinajstić information content (AvgIpc) is 4.13. The van der Waals surface area contributed by atoms with Gasteiger partial charge in [0, 0.05) is 61.4 Å². The fourth-order valence-corrected chi connectivity index (χ4v) is 8.53. The topological polar surface area (TPSA) is 47.1 Å². The molecule has 1 aliphatic heterocycles. The van der Waals surface area contributed by atoms with E-state index in [1.165, 1.54) is 70.2 Å². The predicted molar refractivity (Wildman–Crippen MR) is 212 cm³/mol. The average molecular weight is 714 g/mol. The van der Waals surface area contributed by atoms with E-state index in [2.05, 4.69) is 64.2 Å². The molecule has 0 atom stereocenters.